The molecule has 1 unspecified atom stereocenters. The minimum absolute atomic E-state index is 0.00405. The van der Waals surface area contributed by atoms with E-state index < -0.39 is 4.92 Å². The fraction of sp³-hybridized carbons (Fsp3) is 0.235. The van der Waals surface area contributed by atoms with Crippen molar-refractivity contribution in [2.24, 2.45) is 0 Å². The van der Waals surface area contributed by atoms with Gasteiger partial charge in [-0.1, -0.05) is 29.3 Å². The predicted octanol–water partition coefficient (Wildman–Crippen LogP) is 2.86. The Bertz CT molecular complexity index is 812. The van der Waals surface area contributed by atoms with E-state index >= 15 is 0 Å². The largest absolute Gasteiger partial charge is 0.326 e. The first-order valence-corrected chi connectivity index (χ1v) is 8.32. The second kappa shape index (κ2) is 8.29. The molecule has 0 fully saturated rings. The van der Waals surface area contributed by atoms with E-state index in [1.807, 2.05) is 13.1 Å². The number of hydrogen-bond donors (Lipinski definition) is 2. The van der Waals surface area contributed by atoms with Gasteiger partial charge in [0.15, 0.2) is 6.54 Å². The number of nitrogens with zero attached hydrogens (tertiary/aromatic N) is 1. The van der Waals surface area contributed by atoms with Gasteiger partial charge in [0.25, 0.3) is 11.6 Å². The number of nitro benzene ring substituents is 1. The van der Waals surface area contributed by atoms with Crippen LogP contribution in [0.2, 0.25) is 10.0 Å². The molecular formula is C17H18Cl2N3O3+. The maximum Gasteiger partial charge on any atom is 0.279 e. The lowest BCUT2D eigenvalue weighted by Crippen LogP contribution is -3.08. The Morgan fingerprint density at radius 1 is 1.24 bits per heavy atom. The quantitative estimate of drug-likeness (QED) is 0.595. The van der Waals surface area contributed by atoms with Crippen LogP contribution in [0.3, 0.4) is 0 Å². The fourth-order valence-electron chi connectivity index (χ4n) is 2.42. The third-order valence-electron chi connectivity index (χ3n) is 3.66. The zero-order valence-electron chi connectivity index (χ0n) is 13.8. The van der Waals surface area contributed by atoms with Crippen LogP contribution in [-0.4, -0.2) is 24.4 Å². The lowest BCUT2D eigenvalue weighted by molar-refractivity contribution is -0.885. The van der Waals surface area contributed by atoms with Crippen LogP contribution in [0, 0.1) is 17.0 Å². The van der Waals surface area contributed by atoms with Crippen LogP contribution in [0.15, 0.2) is 36.4 Å². The average Bonchev–Trinajstić information content (AvgIpc) is 2.51. The number of amides is 1. The van der Waals surface area contributed by atoms with E-state index in [1.54, 1.807) is 19.1 Å². The molecule has 0 aliphatic rings. The summed E-state index contributed by atoms with van der Waals surface area (Å²) in [7, 11) is 1.88. The Labute approximate surface area is 155 Å². The summed E-state index contributed by atoms with van der Waals surface area (Å²) in [5, 5.41) is 14.7. The highest BCUT2D eigenvalue weighted by Gasteiger charge is 2.15. The Morgan fingerprint density at radius 2 is 1.96 bits per heavy atom. The van der Waals surface area contributed by atoms with Gasteiger partial charge in [-0.2, -0.15) is 0 Å². The van der Waals surface area contributed by atoms with Crippen LogP contribution in [0.25, 0.3) is 0 Å². The van der Waals surface area contributed by atoms with Gasteiger partial charge in [0.05, 0.1) is 17.0 Å². The van der Waals surface area contributed by atoms with E-state index in [0.29, 0.717) is 27.8 Å². The number of benzene rings is 2. The van der Waals surface area contributed by atoms with E-state index in [9.17, 15) is 14.9 Å². The molecule has 8 heteroatoms. The van der Waals surface area contributed by atoms with Crippen LogP contribution < -0.4 is 10.2 Å². The van der Waals surface area contributed by atoms with Crippen LogP contribution in [0.5, 0.6) is 0 Å². The molecule has 2 aromatic carbocycles. The highest BCUT2D eigenvalue weighted by atomic mass is 35.5. The summed E-state index contributed by atoms with van der Waals surface area (Å²) in [6, 6.07) is 9.61. The summed E-state index contributed by atoms with van der Waals surface area (Å²) >= 11 is 12.0. The number of carbonyl (C=O) groups excluding carboxylic acids is 1. The van der Waals surface area contributed by atoms with Gasteiger partial charge in [-0.15, -0.1) is 0 Å². The van der Waals surface area contributed by atoms with Crippen molar-refractivity contribution in [3.05, 3.63) is 67.7 Å². The molecule has 0 spiro atoms. The fourth-order valence-corrected chi connectivity index (χ4v) is 2.90. The molecule has 0 aliphatic carbocycles. The summed E-state index contributed by atoms with van der Waals surface area (Å²) < 4.78 is 0. The monoisotopic (exact) mass is 382 g/mol. The minimum Gasteiger partial charge on any atom is -0.326 e. The molecule has 0 saturated heterocycles. The smallest absolute Gasteiger partial charge is 0.279 e. The van der Waals surface area contributed by atoms with E-state index in [4.69, 9.17) is 23.2 Å². The molecule has 1 amide bonds. The number of halogens is 2. The number of nitro groups is 1. The highest BCUT2D eigenvalue weighted by molar-refractivity contribution is 6.35. The second-order valence-electron chi connectivity index (χ2n) is 5.85. The first-order valence-electron chi connectivity index (χ1n) is 7.56. The summed E-state index contributed by atoms with van der Waals surface area (Å²) in [6.45, 7) is 2.52. The number of carbonyl (C=O) groups is 1. The molecule has 2 rings (SSSR count). The lowest BCUT2D eigenvalue weighted by atomic mass is 10.1. The van der Waals surface area contributed by atoms with E-state index in [-0.39, 0.29) is 18.1 Å². The van der Waals surface area contributed by atoms with Gasteiger partial charge >= 0.3 is 0 Å². The van der Waals surface area contributed by atoms with Crippen LogP contribution in [-0.2, 0) is 11.3 Å². The van der Waals surface area contributed by atoms with Crippen molar-refractivity contribution in [3.8, 4) is 0 Å². The molecular weight excluding hydrogens is 365 g/mol. The summed E-state index contributed by atoms with van der Waals surface area (Å²) in [5.74, 6) is -0.181. The van der Waals surface area contributed by atoms with Crippen molar-refractivity contribution in [1.82, 2.24) is 0 Å². The molecule has 0 aromatic heterocycles. The number of non-ortho nitro benzene ring substituents is 1. The number of nitrogens with one attached hydrogen (secondary N) is 2. The molecule has 0 aliphatic heterocycles. The molecule has 2 N–H and O–H groups in total. The first kappa shape index (κ1) is 19.2. The molecule has 132 valence electrons. The normalized spacial score (nSPS) is 11.8. The average molecular weight is 383 g/mol. The number of likely N-dealkylation sites (N-methyl/N-ethyl adjacent to an activating group) is 1. The Kier molecular flexibility index (Phi) is 6.36. The summed E-state index contributed by atoms with van der Waals surface area (Å²) in [5.41, 5.74) is 2.10. The zero-order chi connectivity index (χ0) is 18.6. The molecule has 25 heavy (non-hydrogen) atoms. The van der Waals surface area contributed by atoms with Crippen LogP contribution >= 0.6 is 23.2 Å². The van der Waals surface area contributed by atoms with Gasteiger partial charge in [0.2, 0.25) is 0 Å². The Balaban J connectivity index is 1.96. The van der Waals surface area contributed by atoms with Gasteiger partial charge in [0, 0.05) is 28.4 Å². The van der Waals surface area contributed by atoms with Gasteiger partial charge in [-0.3, -0.25) is 14.9 Å². The summed E-state index contributed by atoms with van der Waals surface area (Å²) in [4.78, 5) is 23.4. The van der Waals surface area contributed by atoms with Crippen molar-refractivity contribution < 1.29 is 14.6 Å². The Hall–Kier alpha value is -2.15. The van der Waals surface area contributed by atoms with Crippen molar-refractivity contribution in [2.75, 3.05) is 18.9 Å². The number of rotatable bonds is 6. The molecule has 0 radical (unpaired) electrons. The van der Waals surface area contributed by atoms with Gasteiger partial charge < -0.3 is 10.2 Å². The molecule has 2 aromatic rings. The van der Waals surface area contributed by atoms with Crippen molar-refractivity contribution in [3.63, 3.8) is 0 Å². The first-order chi connectivity index (χ1) is 11.8. The molecule has 1 atom stereocenters. The second-order valence-corrected chi connectivity index (χ2v) is 6.69. The van der Waals surface area contributed by atoms with E-state index in [0.717, 1.165) is 10.5 Å². The van der Waals surface area contributed by atoms with E-state index in [2.05, 4.69) is 5.32 Å². The van der Waals surface area contributed by atoms with Gasteiger partial charge in [0.1, 0.15) is 6.54 Å². The predicted molar refractivity (Wildman–Crippen MR) is 98.4 cm³/mol. The molecule has 0 saturated carbocycles. The standard InChI is InChI=1S/C17H17Cl2N3O3/c1-11-7-14(22(24)25)5-6-16(11)20-17(23)10-21(2)9-12-3-4-13(18)8-15(12)19/h3-8H,9-10H2,1-2H3,(H,20,23)/p+1. The van der Waals surface area contributed by atoms with Crippen molar-refractivity contribution in [2.45, 2.75) is 13.5 Å². The SMILES string of the molecule is Cc1cc([N+](=O)[O-])ccc1NC(=O)C[NH+](C)Cc1ccc(Cl)cc1Cl. The van der Waals surface area contributed by atoms with Crippen molar-refractivity contribution in [1.29, 1.82) is 0 Å². The molecule has 0 bridgehead atoms. The number of aryl methyl sites for hydroxylation is 1. The minimum atomic E-state index is -0.466. The topological polar surface area (TPSA) is 76.7 Å². The van der Waals surface area contributed by atoms with Gasteiger partial charge in [-0.25, -0.2) is 0 Å². The number of quaternary nitrogens is 1. The number of hydrogen-bond acceptors (Lipinski definition) is 3. The Morgan fingerprint density at radius 3 is 2.56 bits per heavy atom. The van der Waals surface area contributed by atoms with Crippen molar-refractivity contribution >= 4 is 40.5 Å². The summed E-state index contributed by atoms with van der Waals surface area (Å²) in [6.07, 6.45) is 0. The number of anilines is 1. The third kappa shape index (κ3) is 5.42. The zero-order valence-corrected chi connectivity index (χ0v) is 15.3. The van der Waals surface area contributed by atoms with Gasteiger partial charge in [-0.05, 0) is 30.7 Å². The van der Waals surface area contributed by atoms with Crippen LogP contribution in [0.1, 0.15) is 11.1 Å². The maximum atomic E-state index is 12.2. The van der Waals surface area contributed by atoms with Crippen LogP contribution in [0.4, 0.5) is 11.4 Å². The molecule has 0 heterocycles. The highest BCUT2D eigenvalue weighted by Crippen LogP contribution is 2.21. The maximum absolute atomic E-state index is 12.2. The third-order valence-corrected chi connectivity index (χ3v) is 4.25. The molecule has 6 nitrogen and oxygen atoms in total. The lowest BCUT2D eigenvalue weighted by Gasteiger charge is -2.15. The van der Waals surface area contributed by atoms with E-state index in [1.165, 1.54) is 18.2 Å².